The molecule has 1 aliphatic rings. The Morgan fingerprint density at radius 3 is 2.79 bits per heavy atom. The summed E-state index contributed by atoms with van der Waals surface area (Å²) in [7, 11) is 0. The molecule has 0 atom stereocenters. The van der Waals surface area contributed by atoms with Gasteiger partial charge in [0.1, 0.15) is 5.82 Å². The van der Waals surface area contributed by atoms with Gasteiger partial charge in [-0.15, -0.1) is 0 Å². The van der Waals surface area contributed by atoms with E-state index in [-0.39, 0.29) is 35.8 Å². The molecule has 0 fully saturated rings. The summed E-state index contributed by atoms with van der Waals surface area (Å²) < 4.78 is 41.1. The molecule has 0 bridgehead atoms. The molecule has 4 rings (SSSR count). The first-order valence-electron chi connectivity index (χ1n) is 10.4. The van der Waals surface area contributed by atoms with Gasteiger partial charge in [0.05, 0.1) is 6.85 Å². The Morgan fingerprint density at radius 1 is 1.17 bits per heavy atom. The number of rotatable bonds is 2. The lowest BCUT2D eigenvalue weighted by atomic mass is 10.0. The Hall–Kier alpha value is -2.13. The van der Waals surface area contributed by atoms with Crippen LogP contribution in [-0.4, -0.2) is 11.5 Å². The highest BCUT2D eigenvalue weighted by Crippen LogP contribution is 2.35. The molecular formula is C21H19BrN2. The van der Waals surface area contributed by atoms with Crippen LogP contribution in [0.4, 0.5) is 11.5 Å². The van der Waals surface area contributed by atoms with Crippen molar-refractivity contribution in [3.8, 4) is 11.1 Å². The quantitative estimate of drug-likeness (QED) is 0.547. The molecule has 120 valence electrons. The van der Waals surface area contributed by atoms with Crippen LogP contribution in [-0.2, 0) is 6.42 Å². The molecule has 3 aromatic rings. The second-order valence-corrected chi connectivity index (χ2v) is 6.80. The lowest BCUT2D eigenvalue weighted by molar-refractivity contribution is 0.759. The lowest BCUT2D eigenvalue weighted by Crippen LogP contribution is -2.25. The topological polar surface area (TPSA) is 16.1 Å². The van der Waals surface area contributed by atoms with Crippen molar-refractivity contribution < 1.29 is 6.85 Å². The highest BCUT2D eigenvalue weighted by Gasteiger charge is 2.20. The van der Waals surface area contributed by atoms with E-state index in [9.17, 15) is 0 Å². The fourth-order valence-electron chi connectivity index (χ4n) is 3.12. The van der Waals surface area contributed by atoms with Gasteiger partial charge in [-0.05, 0) is 54.7 Å². The molecule has 0 unspecified atom stereocenters. The third-order valence-corrected chi connectivity index (χ3v) is 4.80. The lowest BCUT2D eigenvalue weighted by Gasteiger charge is -2.31. The van der Waals surface area contributed by atoms with Crippen LogP contribution < -0.4 is 4.90 Å². The Kier molecular flexibility index (Phi) is 2.85. The van der Waals surface area contributed by atoms with Gasteiger partial charge in [-0.25, -0.2) is 4.98 Å². The van der Waals surface area contributed by atoms with E-state index >= 15 is 0 Å². The zero-order valence-electron chi connectivity index (χ0n) is 18.3. The van der Waals surface area contributed by atoms with Crippen LogP contribution >= 0.6 is 15.9 Å². The van der Waals surface area contributed by atoms with Crippen LogP contribution in [0.5, 0.6) is 0 Å². The predicted molar refractivity (Wildman–Crippen MR) is 104 cm³/mol. The number of pyridine rings is 1. The van der Waals surface area contributed by atoms with E-state index < -0.39 is 0 Å². The number of anilines is 2. The van der Waals surface area contributed by atoms with Crippen molar-refractivity contribution in [2.75, 3.05) is 11.4 Å². The van der Waals surface area contributed by atoms with Crippen molar-refractivity contribution in [3.05, 3.63) is 76.3 Å². The summed E-state index contributed by atoms with van der Waals surface area (Å²) in [5.74, 6) is 0.790. The standard InChI is InChI=1S/C21H19BrN2/c1-15-12-21(23-14-19(15)16-6-3-2-4-7-16)24-11-5-8-17-9-10-18(22)13-20(17)24/h2-4,6-7,9-10,12-14H,5,8,11H2,1H3/i2D,3D,4D,6D,7D. The van der Waals surface area contributed by atoms with E-state index in [1.54, 1.807) is 6.20 Å². The van der Waals surface area contributed by atoms with Crippen molar-refractivity contribution in [1.29, 1.82) is 0 Å². The van der Waals surface area contributed by atoms with Gasteiger partial charge in [-0.2, -0.15) is 0 Å². The number of hydrogen-bond acceptors (Lipinski definition) is 2. The minimum absolute atomic E-state index is 0.189. The molecule has 0 aliphatic carbocycles. The maximum atomic E-state index is 8.22. The number of aromatic nitrogens is 1. The number of aryl methyl sites for hydroxylation is 2. The van der Waals surface area contributed by atoms with Gasteiger partial charge < -0.3 is 4.90 Å². The molecule has 0 amide bonds. The van der Waals surface area contributed by atoms with Crippen LogP contribution in [0.2, 0.25) is 0 Å². The minimum atomic E-state index is -0.388. The zero-order valence-corrected chi connectivity index (χ0v) is 14.9. The number of fused-ring (bicyclic) bond motifs is 1. The van der Waals surface area contributed by atoms with Crippen LogP contribution in [0.3, 0.4) is 0 Å². The number of halogens is 1. The summed E-state index contributed by atoms with van der Waals surface area (Å²) in [5, 5.41) is 0. The Morgan fingerprint density at radius 2 is 2.00 bits per heavy atom. The third kappa shape index (κ3) is 2.84. The second-order valence-electron chi connectivity index (χ2n) is 5.89. The van der Waals surface area contributed by atoms with Gasteiger partial charge in [0.25, 0.3) is 0 Å². The van der Waals surface area contributed by atoms with Gasteiger partial charge in [0.2, 0.25) is 0 Å². The van der Waals surface area contributed by atoms with E-state index in [0.29, 0.717) is 5.56 Å². The number of hydrogen-bond donors (Lipinski definition) is 0. The summed E-state index contributed by atoms with van der Waals surface area (Å²) >= 11 is 3.54. The first-order chi connectivity index (χ1) is 13.8. The molecule has 0 spiro atoms. The van der Waals surface area contributed by atoms with Crippen LogP contribution in [0.15, 0.2) is 65.1 Å². The number of benzene rings is 2. The average Bonchev–Trinajstić information content (AvgIpc) is 2.71. The van der Waals surface area contributed by atoms with E-state index in [1.165, 1.54) is 5.56 Å². The van der Waals surface area contributed by atoms with Crippen LogP contribution in [0, 0.1) is 6.92 Å². The van der Waals surface area contributed by atoms with Crippen molar-refractivity contribution >= 4 is 27.4 Å². The molecule has 0 radical (unpaired) electrons. The fourth-order valence-corrected chi connectivity index (χ4v) is 3.47. The van der Waals surface area contributed by atoms with Gasteiger partial charge in [0.15, 0.2) is 0 Å². The maximum absolute atomic E-state index is 8.22. The molecule has 0 saturated heterocycles. The van der Waals surface area contributed by atoms with E-state index in [4.69, 9.17) is 6.85 Å². The fraction of sp³-hybridized carbons (Fsp3) is 0.190. The van der Waals surface area contributed by atoms with Gasteiger partial charge in [-0.3, -0.25) is 0 Å². The highest BCUT2D eigenvalue weighted by molar-refractivity contribution is 9.10. The Bertz CT molecular complexity index is 1100. The smallest absolute Gasteiger partial charge is 0.133 e. The second kappa shape index (κ2) is 6.40. The average molecular weight is 384 g/mol. The normalized spacial score (nSPS) is 16.6. The molecule has 1 aromatic heterocycles. The van der Waals surface area contributed by atoms with Crippen LogP contribution in [0.25, 0.3) is 11.1 Å². The molecule has 2 nitrogen and oxygen atoms in total. The van der Waals surface area contributed by atoms with Crippen molar-refractivity contribution in [3.63, 3.8) is 0 Å². The van der Waals surface area contributed by atoms with E-state index in [0.717, 1.165) is 40.9 Å². The summed E-state index contributed by atoms with van der Waals surface area (Å²) in [6.07, 6.45) is 3.67. The molecule has 1 aliphatic heterocycles. The molecular weight excluding hydrogens is 360 g/mol. The monoisotopic (exact) mass is 383 g/mol. The summed E-state index contributed by atoms with van der Waals surface area (Å²) in [4.78, 5) is 6.78. The molecule has 24 heavy (non-hydrogen) atoms. The molecule has 0 N–H and O–H groups in total. The Labute approximate surface area is 158 Å². The maximum Gasteiger partial charge on any atom is 0.133 e. The molecule has 3 heteroatoms. The van der Waals surface area contributed by atoms with Gasteiger partial charge in [-0.1, -0.05) is 52.2 Å². The first-order valence-corrected chi connectivity index (χ1v) is 8.68. The predicted octanol–water partition coefficient (Wildman–Crippen LogP) is 5.90. The SMILES string of the molecule is [2H]c1c([2H])c([2H])c(-c2cnc(N3CCCc4ccc(Br)cc43)cc2C)c([2H])c1[2H]. The van der Waals surface area contributed by atoms with Crippen molar-refractivity contribution in [1.82, 2.24) is 4.98 Å². The molecule has 0 saturated carbocycles. The van der Waals surface area contributed by atoms with Gasteiger partial charge in [0, 0.05) is 28.5 Å². The minimum Gasteiger partial charge on any atom is -0.326 e. The van der Waals surface area contributed by atoms with E-state index in [2.05, 4.69) is 37.9 Å². The van der Waals surface area contributed by atoms with E-state index in [1.807, 2.05) is 19.1 Å². The summed E-state index contributed by atoms with van der Waals surface area (Å²) in [5.41, 5.74) is 3.95. The summed E-state index contributed by atoms with van der Waals surface area (Å²) in [6, 6.07) is 6.71. The van der Waals surface area contributed by atoms with Crippen molar-refractivity contribution in [2.24, 2.45) is 0 Å². The van der Waals surface area contributed by atoms with Crippen LogP contribution in [0.1, 0.15) is 24.4 Å². The molecule has 2 heterocycles. The molecule has 2 aromatic carbocycles. The third-order valence-electron chi connectivity index (χ3n) is 4.31. The Balaban J connectivity index is 1.82. The van der Waals surface area contributed by atoms with Crippen molar-refractivity contribution in [2.45, 2.75) is 19.8 Å². The highest BCUT2D eigenvalue weighted by atomic mass is 79.9. The first kappa shape index (κ1) is 10.7. The summed E-state index contributed by atoms with van der Waals surface area (Å²) in [6.45, 7) is 2.73. The zero-order chi connectivity index (χ0) is 20.9. The largest absolute Gasteiger partial charge is 0.326 e. The number of nitrogens with zero attached hydrogens (tertiary/aromatic N) is 2. The van der Waals surface area contributed by atoms with Gasteiger partial charge >= 0.3 is 0 Å².